The van der Waals surface area contributed by atoms with Crippen LogP contribution in [-0.2, 0) is 11.2 Å². The lowest BCUT2D eigenvalue weighted by Crippen LogP contribution is -2.35. The van der Waals surface area contributed by atoms with Crippen molar-refractivity contribution >= 4 is 34.6 Å². The molecular formula is C18H18F3N3O2S. The summed E-state index contributed by atoms with van der Waals surface area (Å²) in [5, 5.41) is 8.48. The maximum Gasteiger partial charge on any atom is 0.573 e. The predicted molar refractivity (Wildman–Crippen MR) is 102 cm³/mol. The van der Waals surface area contributed by atoms with Gasteiger partial charge in [0.05, 0.1) is 6.54 Å². The molecular weight excluding hydrogens is 379 g/mol. The molecule has 0 aromatic heterocycles. The molecule has 0 spiro atoms. The number of para-hydroxylation sites is 1. The summed E-state index contributed by atoms with van der Waals surface area (Å²) in [4.78, 5) is 12.0. The van der Waals surface area contributed by atoms with Crippen molar-refractivity contribution in [1.29, 1.82) is 0 Å². The lowest BCUT2D eigenvalue weighted by atomic mass is 10.1. The van der Waals surface area contributed by atoms with Gasteiger partial charge in [0.1, 0.15) is 5.75 Å². The highest BCUT2D eigenvalue weighted by atomic mass is 32.1. The number of thiocarbonyl (C=S) groups is 1. The third-order valence-electron chi connectivity index (χ3n) is 3.43. The maximum absolute atomic E-state index is 12.1. The first-order chi connectivity index (χ1) is 12.8. The summed E-state index contributed by atoms with van der Waals surface area (Å²) in [5.74, 6) is -0.602. The first-order valence-corrected chi connectivity index (χ1v) is 8.46. The van der Waals surface area contributed by atoms with E-state index in [-0.39, 0.29) is 23.3 Å². The largest absolute Gasteiger partial charge is 0.573 e. The molecule has 1 amide bonds. The molecule has 0 fully saturated rings. The Morgan fingerprint density at radius 1 is 1.07 bits per heavy atom. The molecule has 0 bridgehead atoms. The number of nitrogens with one attached hydrogen (secondary N) is 3. The molecule has 9 heteroatoms. The van der Waals surface area contributed by atoms with Gasteiger partial charge in [-0.2, -0.15) is 0 Å². The summed E-state index contributed by atoms with van der Waals surface area (Å²) in [7, 11) is 0. The second kappa shape index (κ2) is 9.22. The molecule has 0 heterocycles. The van der Waals surface area contributed by atoms with Gasteiger partial charge in [-0.3, -0.25) is 4.79 Å². The smallest absolute Gasteiger partial charge is 0.406 e. The Hall–Kier alpha value is -2.81. The van der Waals surface area contributed by atoms with E-state index in [1.54, 1.807) is 0 Å². The molecule has 0 saturated heterocycles. The zero-order valence-electron chi connectivity index (χ0n) is 14.4. The van der Waals surface area contributed by atoms with Crippen LogP contribution in [0.4, 0.5) is 24.5 Å². The van der Waals surface area contributed by atoms with E-state index in [1.807, 2.05) is 31.2 Å². The number of benzene rings is 2. The Labute approximate surface area is 159 Å². The molecule has 2 aromatic carbocycles. The minimum atomic E-state index is -4.74. The molecule has 0 saturated carbocycles. The van der Waals surface area contributed by atoms with Crippen molar-refractivity contribution in [3.8, 4) is 5.75 Å². The Morgan fingerprint density at radius 2 is 1.74 bits per heavy atom. The van der Waals surface area contributed by atoms with Crippen LogP contribution in [0.25, 0.3) is 0 Å². The van der Waals surface area contributed by atoms with Gasteiger partial charge in [0.25, 0.3) is 0 Å². The van der Waals surface area contributed by atoms with Crippen molar-refractivity contribution < 1.29 is 22.7 Å². The monoisotopic (exact) mass is 397 g/mol. The van der Waals surface area contributed by atoms with E-state index in [9.17, 15) is 18.0 Å². The number of hydrogen-bond acceptors (Lipinski definition) is 3. The number of amides is 1. The van der Waals surface area contributed by atoms with Crippen LogP contribution < -0.4 is 20.7 Å². The van der Waals surface area contributed by atoms with Crippen LogP contribution in [0, 0.1) is 0 Å². The first-order valence-electron chi connectivity index (χ1n) is 8.05. The van der Waals surface area contributed by atoms with Gasteiger partial charge < -0.3 is 20.7 Å². The van der Waals surface area contributed by atoms with Gasteiger partial charge in [-0.15, -0.1) is 13.2 Å². The lowest BCUT2D eigenvalue weighted by molar-refractivity contribution is -0.274. The van der Waals surface area contributed by atoms with E-state index in [1.165, 1.54) is 12.1 Å². The van der Waals surface area contributed by atoms with Crippen LogP contribution in [-0.4, -0.2) is 23.9 Å². The molecule has 2 aromatic rings. The third kappa shape index (κ3) is 7.14. The van der Waals surface area contributed by atoms with Crippen molar-refractivity contribution in [1.82, 2.24) is 5.32 Å². The number of carbonyl (C=O) groups excluding carboxylic acids is 1. The number of rotatable bonds is 6. The summed E-state index contributed by atoms with van der Waals surface area (Å²) in [6.45, 7) is 1.94. The summed E-state index contributed by atoms with van der Waals surface area (Å²) in [5.41, 5.74) is 2.22. The average Bonchev–Trinajstić information content (AvgIpc) is 2.61. The number of anilines is 2. The minimum Gasteiger partial charge on any atom is -0.406 e. The molecule has 0 aliphatic heterocycles. The quantitative estimate of drug-likeness (QED) is 0.642. The molecule has 2 rings (SSSR count). The number of ether oxygens (including phenoxy) is 1. The summed E-state index contributed by atoms with van der Waals surface area (Å²) in [6, 6.07) is 12.6. The number of alkyl halides is 3. The van der Waals surface area contributed by atoms with Crippen molar-refractivity contribution in [2.24, 2.45) is 0 Å². The Bertz CT molecular complexity index is 795. The van der Waals surface area contributed by atoms with Gasteiger partial charge in [-0.05, 0) is 54.5 Å². The summed E-state index contributed by atoms with van der Waals surface area (Å²) >= 11 is 5.07. The van der Waals surface area contributed by atoms with E-state index in [2.05, 4.69) is 20.7 Å². The molecule has 27 heavy (non-hydrogen) atoms. The van der Waals surface area contributed by atoms with Crippen LogP contribution >= 0.6 is 12.2 Å². The molecule has 0 radical (unpaired) electrons. The molecule has 5 nitrogen and oxygen atoms in total. The SMILES string of the molecule is CCc1ccccc1NC(=O)CNC(=S)Nc1ccc(OC(F)(F)F)cc1. The van der Waals surface area contributed by atoms with Crippen molar-refractivity contribution in [3.05, 3.63) is 54.1 Å². The van der Waals surface area contributed by atoms with Gasteiger partial charge in [0, 0.05) is 11.4 Å². The minimum absolute atomic E-state index is 0.0564. The molecule has 0 aliphatic rings. The molecule has 144 valence electrons. The third-order valence-corrected chi connectivity index (χ3v) is 3.67. The number of halogens is 3. The van der Waals surface area contributed by atoms with E-state index in [4.69, 9.17) is 12.2 Å². The first kappa shape index (κ1) is 20.5. The van der Waals surface area contributed by atoms with E-state index in [0.29, 0.717) is 5.69 Å². The van der Waals surface area contributed by atoms with Gasteiger partial charge in [-0.25, -0.2) is 0 Å². The number of carbonyl (C=O) groups is 1. The number of aryl methyl sites for hydroxylation is 1. The van der Waals surface area contributed by atoms with Gasteiger partial charge in [-0.1, -0.05) is 25.1 Å². The normalized spacial score (nSPS) is 10.8. The van der Waals surface area contributed by atoms with E-state index >= 15 is 0 Å². The topological polar surface area (TPSA) is 62.4 Å². The zero-order chi connectivity index (χ0) is 19.9. The Kier molecular flexibility index (Phi) is 7.00. The van der Waals surface area contributed by atoms with Crippen LogP contribution in [0.3, 0.4) is 0 Å². The summed E-state index contributed by atoms with van der Waals surface area (Å²) < 4.78 is 40.2. The van der Waals surface area contributed by atoms with Crippen LogP contribution in [0.2, 0.25) is 0 Å². The van der Waals surface area contributed by atoms with Crippen LogP contribution in [0.15, 0.2) is 48.5 Å². The van der Waals surface area contributed by atoms with Crippen molar-refractivity contribution in [3.63, 3.8) is 0 Å². The molecule has 0 aliphatic carbocycles. The average molecular weight is 397 g/mol. The standard InChI is InChI=1S/C18H18F3N3O2S/c1-2-12-5-3-4-6-15(12)24-16(25)11-22-17(27)23-13-7-9-14(10-8-13)26-18(19,20)21/h3-10H,2,11H2,1H3,(H,24,25)(H2,22,23,27). The highest BCUT2D eigenvalue weighted by Gasteiger charge is 2.30. The second-order valence-electron chi connectivity index (χ2n) is 5.44. The fourth-order valence-electron chi connectivity index (χ4n) is 2.22. The lowest BCUT2D eigenvalue weighted by Gasteiger charge is -2.13. The molecule has 3 N–H and O–H groups in total. The Morgan fingerprint density at radius 3 is 2.37 bits per heavy atom. The highest BCUT2D eigenvalue weighted by Crippen LogP contribution is 2.23. The predicted octanol–water partition coefficient (Wildman–Crippen LogP) is 4.07. The second-order valence-corrected chi connectivity index (χ2v) is 5.85. The van der Waals surface area contributed by atoms with Crippen LogP contribution in [0.5, 0.6) is 5.75 Å². The van der Waals surface area contributed by atoms with E-state index in [0.717, 1.165) is 29.8 Å². The Balaban J connectivity index is 1.81. The molecule has 0 unspecified atom stereocenters. The zero-order valence-corrected chi connectivity index (χ0v) is 15.2. The van der Waals surface area contributed by atoms with Gasteiger partial charge >= 0.3 is 6.36 Å². The fourth-order valence-corrected chi connectivity index (χ4v) is 2.41. The highest BCUT2D eigenvalue weighted by molar-refractivity contribution is 7.80. The molecule has 0 atom stereocenters. The van der Waals surface area contributed by atoms with E-state index < -0.39 is 6.36 Å². The van der Waals surface area contributed by atoms with Gasteiger partial charge in [0.15, 0.2) is 5.11 Å². The number of hydrogen-bond donors (Lipinski definition) is 3. The van der Waals surface area contributed by atoms with Crippen molar-refractivity contribution in [2.45, 2.75) is 19.7 Å². The summed E-state index contributed by atoms with van der Waals surface area (Å²) in [6.07, 6.45) is -3.95. The van der Waals surface area contributed by atoms with Crippen LogP contribution in [0.1, 0.15) is 12.5 Å². The van der Waals surface area contributed by atoms with Gasteiger partial charge in [0.2, 0.25) is 5.91 Å². The fraction of sp³-hybridized carbons (Fsp3) is 0.222. The maximum atomic E-state index is 12.1. The van der Waals surface area contributed by atoms with Crippen molar-refractivity contribution in [2.75, 3.05) is 17.2 Å².